The Kier molecular flexibility index (Phi) is 7.97. The van der Waals surface area contributed by atoms with Crippen LogP contribution in [0.25, 0.3) is 22.2 Å². The second kappa shape index (κ2) is 12.0. The molecule has 3 unspecified atom stereocenters. The largest absolute Gasteiger partial charge is 0.343 e. The first-order valence-corrected chi connectivity index (χ1v) is 15.1. The Hall–Kier alpha value is -5.24. The minimum absolute atomic E-state index is 0.192. The first kappa shape index (κ1) is 29.8. The number of amides is 3. The summed E-state index contributed by atoms with van der Waals surface area (Å²) in [7, 11) is 2.03. The average Bonchev–Trinajstić information content (AvgIpc) is 3.50. The summed E-state index contributed by atoms with van der Waals surface area (Å²) in [6, 6.07) is 27.5. The highest BCUT2D eigenvalue weighted by Crippen LogP contribution is 2.48. The molecule has 3 atom stereocenters. The van der Waals surface area contributed by atoms with Crippen molar-refractivity contribution in [2.45, 2.75) is 39.3 Å². The smallest absolute Gasteiger partial charge is 0.269 e. The number of aryl methyl sites for hydroxylation is 2. The maximum atomic E-state index is 14.4. The van der Waals surface area contributed by atoms with Crippen LogP contribution in [0.5, 0.6) is 0 Å². The van der Waals surface area contributed by atoms with Crippen LogP contribution < -0.4 is 10.9 Å². The van der Waals surface area contributed by atoms with Crippen molar-refractivity contribution < 1.29 is 18.8 Å². The van der Waals surface area contributed by atoms with Gasteiger partial charge in [0.1, 0.15) is 11.9 Å². The Morgan fingerprint density at radius 2 is 1.56 bits per heavy atom. The van der Waals surface area contributed by atoms with E-state index in [0.717, 1.165) is 38.9 Å². The van der Waals surface area contributed by atoms with Crippen LogP contribution in [0.3, 0.4) is 0 Å². The predicted molar refractivity (Wildman–Crippen MR) is 173 cm³/mol. The molecule has 228 valence electrons. The van der Waals surface area contributed by atoms with Crippen molar-refractivity contribution in [1.29, 1.82) is 0 Å². The van der Waals surface area contributed by atoms with Gasteiger partial charge in [0.05, 0.1) is 11.7 Å². The molecule has 0 radical (unpaired) electrons. The summed E-state index contributed by atoms with van der Waals surface area (Å²) in [4.78, 5) is 43.0. The SMILES string of the molecule is CCC(C)C(C(=O)NNC(=O)c1ccc(F)cc1)N1C(=O)c2ccccc2C1c1c(-c2ccc(C)cc2)n(C)c2ccccc12. The van der Waals surface area contributed by atoms with Gasteiger partial charge >= 0.3 is 0 Å². The van der Waals surface area contributed by atoms with Crippen LogP contribution in [0.4, 0.5) is 4.39 Å². The van der Waals surface area contributed by atoms with Crippen LogP contribution in [0.1, 0.15) is 63.7 Å². The number of carbonyl (C=O) groups excluding carboxylic acids is 3. The molecule has 2 N–H and O–H groups in total. The molecular weight excluding hydrogens is 567 g/mol. The third kappa shape index (κ3) is 5.26. The fourth-order valence-corrected chi connectivity index (χ4v) is 6.43. The highest BCUT2D eigenvalue weighted by atomic mass is 19.1. The van der Waals surface area contributed by atoms with E-state index in [1.54, 1.807) is 4.90 Å². The van der Waals surface area contributed by atoms with Crippen molar-refractivity contribution in [3.8, 4) is 11.3 Å². The number of hydrogen-bond acceptors (Lipinski definition) is 3. The molecule has 0 aliphatic carbocycles. The molecule has 5 aromatic rings. The number of benzene rings is 4. The Bertz CT molecular complexity index is 1910. The quantitative estimate of drug-likeness (QED) is 0.203. The zero-order chi connectivity index (χ0) is 31.8. The summed E-state index contributed by atoms with van der Waals surface area (Å²) in [6.07, 6.45) is 0.608. The van der Waals surface area contributed by atoms with Crippen molar-refractivity contribution in [2.24, 2.45) is 13.0 Å². The van der Waals surface area contributed by atoms with Gasteiger partial charge in [-0.2, -0.15) is 0 Å². The Labute approximate surface area is 261 Å². The molecule has 3 amide bonds. The molecule has 2 heterocycles. The first-order chi connectivity index (χ1) is 21.7. The number of rotatable bonds is 7. The maximum absolute atomic E-state index is 14.4. The third-order valence-corrected chi connectivity index (χ3v) is 8.90. The van der Waals surface area contributed by atoms with Gasteiger partial charge in [0.15, 0.2) is 0 Å². The lowest BCUT2D eigenvalue weighted by molar-refractivity contribution is -0.128. The molecule has 45 heavy (non-hydrogen) atoms. The zero-order valence-electron chi connectivity index (χ0n) is 25.7. The fraction of sp³-hybridized carbons (Fsp3) is 0.216. The van der Waals surface area contributed by atoms with Crippen molar-refractivity contribution in [3.05, 3.63) is 131 Å². The van der Waals surface area contributed by atoms with Crippen molar-refractivity contribution >= 4 is 28.6 Å². The van der Waals surface area contributed by atoms with Gasteiger partial charge in [0.25, 0.3) is 17.7 Å². The number of nitrogens with zero attached hydrogens (tertiary/aromatic N) is 2. The summed E-state index contributed by atoms with van der Waals surface area (Å²) < 4.78 is 15.6. The topological polar surface area (TPSA) is 83.4 Å². The number of para-hydroxylation sites is 1. The van der Waals surface area contributed by atoms with Gasteiger partial charge in [-0.15, -0.1) is 0 Å². The lowest BCUT2D eigenvalue weighted by atomic mass is 9.90. The van der Waals surface area contributed by atoms with Crippen LogP contribution >= 0.6 is 0 Å². The van der Waals surface area contributed by atoms with Crippen molar-refractivity contribution in [3.63, 3.8) is 0 Å². The highest BCUT2D eigenvalue weighted by Gasteiger charge is 2.47. The molecule has 0 fully saturated rings. The molecule has 0 saturated carbocycles. The van der Waals surface area contributed by atoms with Crippen LogP contribution in [-0.2, 0) is 11.8 Å². The highest BCUT2D eigenvalue weighted by molar-refractivity contribution is 6.05. The lowest BCUT2D eigenvalue weighted by Crippen LogP contribution is -2.55. The summed E-state index contributed by atoms with van der Waals surface area (Å²) in [5.74, 6) is -2.07. The number of halogens is 1. The molecule has 1 aliphatic rings. The van der Waals surface area contributed by atoms with Gasteiger partial charge in [0.2, 0.25) is 0 Å². The van der Waals surface area contributed by atoms with Gasteiger partial charge in [-0.3, -0.25) is 25.2 Å². The molecule has 0 spiro atoms. The van der Waals surface area contributed by atoms with Gasteiger partial charge in [-0.1, -0.05) is 86.5 Å². The van der Waals surface area contributed by atoms with E-state index in [1.807, 2.05) is 64.2 Å². The van der Waals surface area contributed by atoms with Gasteiger partial charge in [0, 0.05) is 34.6 Å². The molecule has 1 aliphatic heterocycles. The Balaban J connectivity index is 1.49. The molecule has 0 saturated heterocycles. The molecule has 1 aromatic heterocycles. The number of hydrogen-bond donors (Lipinski definition) is 2. The number of aromatic nitrogens is 1. The van der Waals surface area contributed by atoms with E-state index in [4.69, 9.17) is 0 Å². The number of fused-ring (bicyclic) bond motifs is 2. The average molecular weight is 603 g/mol. The number of nitrogens with one attached hydrogen (secondary N) is 2. The Morgan fingerprint density at radius 3 is 2.27 bits per heavy atom. The lowest BCUT2D eigenvalue weighted by Gasteiger charge is -2.36. The van der Waals surface area contributed by atoms with Gasteiger partial charge in [-0.05, 0) is 60.4 Å². The van der Waals surface area contributed by atoms with E-state index < -0.39 is 29.7 Å². The van der Waals surface area contributed by atoms with Crippen LogP contribution in [0.15, 0.2) is 97.1 Å². The van der Waals surface area contributed by atoms with E-state index >= 15 is 0 Å². The van der Waals surface area contributed by atoms with E-state index in [9.17, 15) is 18.8 Å². The van der Waals surface area contributed by atoms with Crippen molar-refractivity contribution in [1.82, 2.24) is 20.3 Å². The molecular formula is C37H35FN4O3. The van der Waals surface area contributed by atoms with E-state index in [0.29, 0.717) is 12.0 Å². The summed E-state index contributed by atoms with van der Waals surface area (Å²) in [6.45, 7) is 5.95. The molecule has 0 bridgehead atoms. The van der Waals surface area contributed by atoms with Crippen LogP contribution in [-0.4, -0.2) is 33.2 Å². The molecule has 8 heteroatoms. The monoisotopic (exact) mass is 602 g/mol. The summed E-state index contributed by atoms with van der Waals surface area (Å²) in [5, 5.41) is 0.989. The number of hydrazine groups is 1. The standard InChI is InChI=1S/C37H35FN4O3/c1-5-23(3)32(36(44)40-39-35(43)25-18-20-26(38)21-19-25)42-34(27-10-6-7-11-28(27)37(42)45)31-29-12-8-9-13-30(29)41(4)33(31)24-16-14-22(2)15-17-24/h6-21,23,32,34H,5H2,1-4H3,(H,39,43)(H,40,44). The summed E-state index contributed by atoms with van der Waals surface area (Å²) in [5.41, 5.74) is 11.6. The van der Waals surface area contributed by atoms with Gasteiger partial charge < -0.3 is 9.47 Å². The second-order valence-electron chi connectivity index (χ2n) is 11.7. The maximum Gasteiger partial charge on any atom is 0.269 e. The van der Waals surface area contributed by atoms with E-state index in [1.165, 1.54) is 24.3 Å². The van der Waals surface area contributed by atoms with E-state index in [2.05, 4.69) is 51.8 Å². The third-order valence-electron chi connectivity index (χ3n) is 8.90. The number of carbonyl (C=O) groups is 3. The predicted octanol–water partition coefficient (Wildman–Crippen LogP) is 6.71. The minimum Gasteiger partial charge on any atom is -0.343 e. The van der Waals surface area contributed by atoms with Crippen molar-refractivity contribution in [2.75, 3.05) is 0 Å². The minimum atomic E-state index is -0.918. The molecule has 7 nitrogen and oxygen atoms in total. The van der Waals surface area contributed by atoms with Crippen LogP contribution in [0.2, 0.25) is 0 Å². The van der Waals surface area contributed by atoms with E-state index in [-0.39, 0.29) is 17.4 Å². The van der Waals surface area contributed by atoms with Crippen LogP contribution in [0, 0.1) is 18.7 Å². The Morgan fingerprint density at radius 1 is 0.889 bits per heavy atom. The zero-order valence-corrected chi connectivity index (χ0v) is 25.7. The fourth-order valence-electron chi connectivity index (χ4n) is 6.43. The first-order valence-electron chi connectivity index (χ1n) is 15.1. The summed E-state index contributed by atoms with van der Waals surface area (Å²) >= 11 is 0. The normalized spacial score (nSPS) is 15.5. The second-order valence-corrected chi connectivity index (χ2v) is 11.7. The molecule has 6 rings (SSSR count). The van der Waals surface area contributed by atoms with Gasteiger partial charge in [-0.25, -0.2) is 4.39 Å². The molecule has 4 aromatic carbocycles.